The van der Waals surface area contributed by atoms with Gasteiger partial charge in [0.25, 0.3) is 5.91 Å². The highest BCUT2D eigenvalue weighted by Gasteiger charge is 2.50. The highest BCUT2D eigenvalue weighted by Crippen LogP contribution is 2.43. The monoisotopic (exact) mass is 340 g/mol. The van der Waals surface area contributed by atoms with Gasteiger partial charge in [-0.2, -0.15) is 0 Å². The van der Waals surface area contributed by atoms with E-state index in [1.807, 2.05) is 0 Å². The molecule has 2 heterocycles. The average molecular weight is 341 g/mol. The van der Waals surface area contributed by atoms with E-state index in [-0.39, 0.29) is 42.4 Å². The molecular formula is C15H15ClF2N4O. The van der Waals surface area contributed by atoms with Crippen LogP contribution in [-0.4, -0.2) is 35.1 Å². The maximum absolute atomic E-state index is 14.8. The molecule has 2 bridgehead atoms. The van der Waals surface area contributed by atoms with Crippen molar-refractivity contribution >= 4 is 17.5 Å². The minimum absolute atomic E-state index is 0.108. The first-order valence-corrected chi connectivity index (χ1v) is 7.79. The molecule has 0 saturated carbocycles. The SMILES string of the molecule is [N-]=[N+]=NCC1(F)C[C@H]2CC[C@@H](C1)N2C(=O)c1ccc(F)c(Cl)c1. The first kappa shape index (κ1) is 16.0. The van der Waals surface area contributed by atoms with E-state index in [9.17, 15) is 13.6 Å². The Morgan fingerprint density at radius 2 is 2.09 bits per heavy atom. The molecule has 1 aromatic carbocycles. The number of hydrogen-bond donors (Lipinski definition) is 0. The van der Waals surface area contributed by atoms with E-state index in [1.165, 1.54) is 12.1 Å². The van der Waals surface area contributed by atoms with E-state index in [4.69, 9.17) is 17.1 Å². The van der Waals surface area contributed by atoms with Gasteiger partial charge in [0.2, 0.25) is 0 Å². The summed E-state index contributed by atoms with van der Waals surface area (Å²) in [5.74, 6) is -0.841. The zero-order valence-corrected chi connectivity index (χ0v) is 13.0. The van der Waals surface area contributed by atoms with Crippen LogP contribution in [0.3, 0.4) is 0 Å². The fourth-order valence-electron chi connectivity index (χ4n) is 3.69. The number of rotatable bonds is 3. The molecule has 8 heteroatoms. The van der Waals surface area contributed by atoms with E-state index in [1.54, 1.807) is 4.90 Å². The molecule has 0 aliphatic carbocycles. The number of azide groups is 1. The van der Waals surface area contributed by atoms with Crippen molar-refractivity contribution < 1.29 is 13.6 Å². The van der Waals surface area contributed by atoms with Crippen molar-refractivity contribution in [2.24, 2.45) is 5.11 Å². The van der Waals surface area contributed by atoms with Crippen LogP contribution >= 0.6 is 11.6 Å². The summed E-state index contributed by atoms with van der Waals surface area (Å²) in [6, 6.07) is 3.38. The van der Waals surface area contributed by atoms with Gasteiger partial charge >= 0.3 is 0 Å². The summed E-state index contributed by atoms with van der Waals surface area (Å²) >= 11 is 5.74. The maximum atomic E-state index is 14.8. The Labute approximate surface area is 136 Å². The van der Waals surface area contributed by atoms with E-state index in [0.29, 0.717) is 18.4 Å². The second-order valence-electron chi connectivity index (χ2n) is 6.17. The first-order chi connectivity index (χ1) is 10.9. The zero-order chi connectivity index (χ0) is 16.6. The number of fused-ring (bicyclic) bond motifs is 2. The Kier molecular flexibility index (Phi) is 4.17. The standard InChI is InChI=1S/C15H15ClF2N4O/c16-12-5-9(1-4-13(12)17)14(23)22-10-2-3-11(22)7-15(18,6-10)8-20-21-19/h1,4-5,10-11H,2-3,6-8H2/t10-,11+,15?. The molecule has 0 radical (unpaired) electrons. The number of carbonyl (C=O) groups is 1. The second-order valence-corrected chi connectivity index (χ2v) is 6.58. The number of nitrogens with zero attached hydrogens (tertiary/aromatic N) is 4. The molecule has 3 rings (SSSR count). The normalized spacial score (nSPS) is 29.3. The average Bonchev–Trinajstić information content (AvgIpc) is 2.80. The van der Waals surface area contributed by atoms with Crippen molar-refractivity contribution in [3.63, 3.8) is 0 Å². The van der Waals surface area contributed by atoms with E-state index in [0.717, 1.165) is 6.07 Å². The molecule has 0 aromatic heterocycles. The summed E-state index contributed by atoms with van der Waals surface area (Å²) in [6.07, 6.45) is 1.74. The molecule has 2 saturated heterocycles. The topological polar surface area (TPSA) is 69.1 Å². The molecule has 2 fully saturated rings. The minimum atomic E-state index is -1.56. The second kappa shape index (κ2) is 5.98. The third kappa shape index (κ3) is 2.99. The molecule has 0 N–H and O–H groups in total. The quantitative estimate of drug-likeness (QED) is 0.460. The largest absolute Gasteiger partial charge is 0.332 e. The summed E-state index contributed by atoms with van der Waals surface area (Å²) in [5, 5.41) is 3.25. The lowest BCUT2D eigenvalue weighted by atomic mass is 9.87. The molecular weight excluding hydrogens is 326 g/mol. The number of piperidine rings is 1. The highest BCUT2D eigenvalue weighted by molar-refractivity contribution is 6.31. The molecule has 2 aliphatic heterocycles. The van der Waals surface area contributed by atoms with Gasteiger partial charge < -0.3 is 4.90 Å². The van der Waals surface area contributed by atoms with Crippen molar-refractivity contribution in [1.29, 1.82) is 0 Å². The minimum Gasteiger partial charge on any atom is -0.332 e. The summed E-state index contributed by atoms with van der Waals surface area (Å²) in [7, 11) is 0. The van der Waals surface area contributed by atoms with Gasteiger partial charge in [-0.15, -0.1) is 0 Å². The van der Waals surface area contributed by atoms with Crippen molar-refractivity contribution in [3.8, 4) is 0 Å². The fraction of sp³-hybridized carbons (Fsp3) is 0.533. The van der Waals surface area contributed by atoms with Crippen LogP contribution in [0.1, 0.15) is 36.0 Å². The Balaban J connectivity index is 1.81. The number of benzene rings is 1. The van der Waals surface area contributed by atoms with Crippen LogP contribution in [0.25, 0.3) is 10.4 Å². The molecule has 5 nitrogen and oxygen atoms in total. The number of hydrogen-bond acceptors (Lipinski definition) is 2. The van der Waals surface area contributed by atoms with Crippen molar-refractivity contribution in [3.05, 3.63) is 45.0 Å². The van der Waals surface area contributed by atoms with Gasteiger partial charge in [0.15, 0.2) is 0 Å². The lowest BCUT2D eigenvalue weighted by Crippen LogP contribution is -2.52. The lowest BCUT2D eigenvalue weighted by Gasteiger charge is -2.42. The van der Waals surface area contributed by atoms with Gasteiger partial charge in [-0.1, -0.05) is 16.7 Å². The number of alkyl halides is 1. The van der Waals surface area contributed by atoms with E-state index >= 15 is 0 Å². The maximum Gasteiger partial charge on any atom is 0.254 e. The van der Waals surface area contributed by atoms with Gasteiger partial charge in [0, 0.05) is 35.4 Å². The van der Waals surface area contributed by atoms with Gasteiger partial charge in [0.1, 0.15) is 11.5 Å². The summed E-state index contributed by atoms with van der Waals surface area (Å²) < 4.78 is 28.0. The van der Waals surface area contributed by atoms with Gasteiger partial charge in [-0.25, -0.2) is 8.78 Å². The van der Waals surface area contributed by atoms with Crippen LogP contribution in [0.5, 0.6) is 0 Å². The number of halogens is 3. The van der Waals surface area contributed by atoms with Crippen LogP contribution in [-0.2, 0) is 0 Å². The fourth-order valence-corrected chi connectivity index (χ4v) is 3.87. The molecule has 1 unspecified atom stereocenters. The summed E-state index contributed by atoms with van der Waals surface area (Å²) in [6.45, 7) is -0.207. The van der Waals surface area contributed by atoms with Crippen LogP contribution in [0.15, 0.2) is 23.3 Å². The lowest BCUT2D eigenvalue weighted by molar-refractivity contribution is 0.0168. The molecule has 23 heavy (non-hydrogen) atoms. The third-order valence-electron chi connectivity index (χ3n) is 4.64. The van der Waals surface area contributed by atoms with Gasteiger partial charge in [-0.05, 0) is 36.6 Å². The van der Waals surface area contributed by atoms with Gasteiger partial charge in [-0.3, -0.25) is 4.79 Å². The summed E-state index contributed by atoms with van der Waals surface area (Å²) in [4.78, 5) is 17.0. The Bertz CT molecular complexity index is 678. The smallest absolute Gasteiger partial charge is 0.254 e. The molecule has 0 spiro atoms. The zero-order valence-electron chi connectivity index (χ0n) is 12.3. The molecule has 1 amide bonds. The van der Waals surface area contributed by atoms with Crippen LogP contribution in [0, 0.1) is 5.82 Å². The molecule has 122 valence electrons. The Hall–Kier alpha value is -1.85. The van der Waals surface area contributed by atoms with Crippen molar-refractivity contribution in [2.75, 3.05) is 6.54 Å². The van der Waals surface area contributed by atoms with Crippen LogP contribution in [0.2, 0.25) is 5.02 Å². The predicted octanol–water partition coefficient (Wildman–Crippen LogP) is 4.26. The van der Waals surface area contributed by atoms with Gasteiger partial charge in [0.05, 0.1) is 11.6 Å². The summed E-state index contributed by atoms with van der Waals surface area (Å²) in [5.41, 5.74) is 7.12. The highest BCUT2D eigenvalue weighted by atomic mass is 35.5. The molecule has 2 aliphatic rings. The Morgan fingerprint density at radius 3 is 2.65 bits per heavy atom. The van der Waals surface area contributed by atoms with Crippen molar-refractivity contribution in [2.45, 2.75) is 43.4 Å². The van der Waals surface area contributed by atoms with Crippen molar-refractivity contribution in [1.82, 2.24) is 4.90 Å². The molecule has 3 atom stereocenters. The van der Waals surface area contributed by atoms with Crippen LogP contribution in [0.4, 0.5) is 8.78 Å². The Morgan fingerprint density at radius 1 is 1.43 bits per heavy atom. The predicted molar refractivity (Wildman–Crippen MR) is 81.5 cm³/mol. The van der Waals surface area contributed by atoms with E-state index < -0.39 is 11.5 Å². The van der Waals surface area contributed by atoms with E-state index in [2.05, 4.69) is 10.0 Å². The molecule has 1 aromatic rings. The first-order valence-electron chi connectivity index (χ1n) is 7.41. The number of carbonyl (C=O) groups excluding carboxylic acids is 1. The van der Waals surface area contributed by atoms with Crippen LogP contribution < -0.4 is 0 Å². The third-order valence-corrected chi connectivity index (χ3v) is 4.93. The number of amides is 1.